The molecule has 0 aliphatic carbocycles. The molecule has 0 aliphatic heterocycles. The normalized spacial score (nSPS) is 10.6. The van der Waals surface area contributed by atoms with Crippen LogP contribution in [0.1, 0.15) is 25.1 Å². The summed E-state index contributed by atoms with van der Waals surface area (Å²) < 4.78 is 37.9. The van der Waals surface area contributed by atoms with Gasteiger partial charge in [0.1, 0.15) is 5.69 Å². The maximum absolute atomic E-state index is 12.6. The molecule has 3 rings (SSSR count). The quantitative estimate of drug-likeness (QED) is 0.613. The molecule has 1 aromatic carbocycles. The topological polar surface area (TPSA) is 50.7 Å². The number of halogens is 3. The van der Waals surface area contributed by atoms with E-state index in [1.807, 2.05) is 19.9 Å². The highest BCUT2D eigenvalue weighted by Gasteiger charge is 2.29. The van der Waals surface area contributed by atoms with Crippen molar-refractivity contribution in [2.75, 3.05) is 5.32 Å². The van der Waals surface area contributed by atoms with Crippen molar-refractivity contribution in [2.24, 2.45) is 0 Å². The van der Waals surface area contributed by atoms with Gasteiger partial charge in [-0.2, -0.15) is 13.2 Å². The van der Waals surface area contributed by atoms with Crippen molar-refractivity contribution in [2.45, 2.75) is 20.0 Å². The molecule has 2 aromatic heterocycles. The molecule has 0 unspecified atom stereocenters. The fraction of sp³-hybridized carbons (Fsp3) is 0.150. The van der Waals surface area contributed by atoms with Gasteiger partial charge in [-0.15, -0.1) is 0 Å². The van der Waals surface area contributed by atoms with Crippen molar-refractivity contribution in [1.29, 1.82) is 0 Å². The third-order valence-corrected chi connectivity index (χ3v) is 3.44. The van der Waals surface area contributed by atoms with Crippen LogP contribution < -0.4 is 5.32 Å². The van der Waals surface area contributed by atoms with Gasteiger partial charge in [-0.05, 0) is 42.5 Å². The molecule has 3 aromatic rings. The van der Waals surface area contributed by atoms with Crippen LogP contribution in [0, 0.1) is 0 Å². The molecule has 0 atom stereocenters. The van der Waals surface area contributed by atoms with Crippen LogP contribution >= 0.6 is 0 Å². The lowest BCUT2D eigenvalue weighted by molar-refractivity contribution is -0.137. The molecule has 0 spiro atoms. The fourth-order valence-corrected chi connectivity index (χ4v) is 2.19. The van der Waals surface area contributed by atoms with E-state index >= 15 is 0 Å². The van der Waals surface area contributed by atoms with E-state index in [4.69, 9.17) is 0 Å². The lowest BCUT2D eigenvalue weighted by Crippen LogP contribution is -2.05. The second-order valence-electron chi connectivity index (χ2n) is 5.13. The third-order valence-electron chi connectivity index (χ3n) is 3.44. The van der Waals surface area contributed by atoms with Gasteiger partial charge in [0.2, 0.25) is 0 Å². The Kier molecular flexibility index (Phi) is 6.65. The minimum atomic E-state index is -4.37. The lowest BCUT2D eigenvalue weighted by atomic mass is 10.1. The Bertz CT molecular complexity index is 873. The Hall–Kier alpha value is -3.22. The van der Waals surface area contributed by atoms with Crippen LogP contribution in [-0.4, -0.2) is 15.0 Å². The summed E-state index contributed by atoms with van der Waals surface area (Å²) in [4.78, 5) is 12.7. The molecule has 2 heterocycles. The summed E-state index contributed by atoms with van der Waals surface area (Å²) in [7, 11) is 0. The lowest BCUT2D eigenvalue weighted by Gasteiger charge is -2.11. The van der Waals surface area contributed by atoms with E-state index in [-0.39, 0.29) is 0 Å². The molecule has 4 nitrogen and oxygen atoms in total. The molecule has 0 fully saturated rings. The molecular weight excluding hydrogens is 353 g/mol. The number of alkyl halides is 3. The average molecular weight is 372 g/mol. The smallest absolute Gasteiger partial charge is 0.338 e. The largest absolute Gasteiger partial charge is 0.416 e. The van der Waals surface area contributed by atoms with E-state index in [1.165, 1.54) is 24.5 Å². The highest BCUT2D eigenvalue weighted by atomic mass is 19.4. The zero-order valence-electron chi connectivity index (χ0n) is 15.0. The van der Waals surface area contributed by atoms with Gasteiger partial charge in [-0.1, -0.05) is 20.4 Å². The van der Waals surface area contributed by atoms with E-state index in [2.05, 4.69) is 26.8 Å². The second-order valence-corrected chi connectivity index (χ2v) is 5.13. The number of hydrogen-bond donors (Lipinski definition) is 1. The minimum absolute atomic E-state index is 0.426. The molecule has 0 saturated heterocycles. The van der Waals surface area contributed by atoms with Crippen molar-refractivity contribution in [3.8, 4) is 11.3 Å². The minimum Gasteiger partial charge on any atom is -0.338 e. The van der Waals surface area contributed by atoms with E-state index in [0.717, 1.165) is 23.4 Å². The molecule has 0 bridgehead atoms. The molecule has 1 N–H and O–H groups in total. The number of hydrogen-bond acceptors (Lipinski definition) is 4. The van der Waals surface area contributed by atoms with Crippen LogP contribution in [0.4, 0.5) is 24.7 Å². The molecule has 0 aliphatic rings. The number of nitrogens with one attached hydrogen (secondary N) is 1. The van der Waals surface area contributed by atoms with E-state index < -0.39 is 11.7 Å². The predicted molar refractivity (Wildman–Crippen MR) is 101 cm³/mol. The number of rotatable bonds is 4. The van der Waals surface area contributed by atoms with Crippen molar-refractivity contribution in [3.05, 3.63) is 72.8 Å². The first kappa shape index (κ1) is 20.1. The molecule has 0 radical (unpaired) electrons. The number of benzene rings is 1. The monoisotopic (exact) mass is 372 g/mol. The van der Waals surface area contributed by atoms with Crippen LogP contribution in [0.3, 0.4) is 0 Å². The van der Waals surface area contributed by atoms with Gasteiger partial charge in [-0.25, -0.2) is 4.98 Å². The Balaban J connectivity index is 0.00000126. The first-order chi connectivity index (χ1) is 13.0. The van der Waals surface area contributed by atoms with Crippen LogP contribution in [0.15, 0.2) is 61.6 Å². The van der Waals surface area contributed by atoms with E-state index in [0.29, 0.717) is 17.2 Å². The molecular formula is C20H19F3N4. The summed E-state index contributed by atoms with van der Waals surface area (Å²) in [5.41, 5.74) is 1.77. The zero-order valence-corrected chi connectivity index (χ0v) is 15.0. The van der Waals surface area contributed by atoms with Crippen LogP contribution in [0.5, 0.6) is 0 Å². The Morgan fingerprint density at radius 3 is 2.15 bits per heavy atom. The van der Waals surface area contributed by atoms with Gasteiger partial charge in [0.15, 0.2) is 5.82 Å². The summed E-state index contributed by atoms with van der Waals surface area (Å²) in [6, 6.07) is 8.34. The van der Waals surface area contributed by atoms with Crippen molar-refractivity contribution in [1.82, 2.24) is 15.0 Å². The fourth-order valence-electron chi connectivity index (χ4n) is 2.19. The van der Waals surface area contributed by atoms with Crippen molar-refractivity contribution >= 4 is 17.6 Å². The average Bonchev–Trinajstić information content (AvgIpc) is 2.70. The van der Waals surface area contributed by atoms with Gasteiger partial charge in [0, 0.05) is 29.8 Å². The molecule has 0 amide bonds. The second kappa shape index (κ2) is 8.93. The van der Waals surface area contributed by atoms with E-state index in [1.54, 1.807) is 18.3 Å². The SMILES string of the molecule is C=Cc1ccc(-c2nccnc2Nc2ccc(C(F)(F)F)cc2)cn1.CC. The maximum Gasteiger partial charge on any atom is 0.416 e. The Morgan fingerprint density at radius 2 is 1.59 bits per heavy atom. The van der Waals surface area contributed by atoms with Gasteiger partial charge < -0.3 is 5.32 Å². The summed E-state index contributed by atoms with van der Waals surface area (Å²) in [6.45, 7) is 7.65. The highest BCUT2D eigenvalue weighted by molar-refractivity contribution is 5.74. The van der Waals surface area contributed by atoms with Gasteiger partial charge in [0.05, 0.1) is 11.3 Å². The maximum atomic E-state index is 12.6. The molecule has 140 valence electrons. The number of nitrogens with zero attached hydrogens (tertiary/aromatic N) is 3. The van der Waals surface area contributed by atoms with Crippen molar-refractivity contribution in [3.63, 3.8) is 0 Å². The molecule has 27 heavy (non-hydrogen) atoms. The Morgan fingerprint density at radius 1 is 0.926 bits per heavy atom. The van der Waals surface area contributed by atoms with Crippen molar-refractivity contribution < 1.29 is 13.2 Å². The number of anilines is 2. The first-order valence-electron chi connectivity index (χ1n) is 8.31. The van der Waals surface area contributed by atoms with Crippen LogP contribution in [-0.2, 0) is 6.18 Å². The highest BCUT2D eigenvalue weighted by Crippen LogP contribution is 2.31. The summed E-state index contributed by atoms with van der Waals surface area (Å²) in [6.07, 6.45) is 1.94. The van der Waals surface area contributed by atoms with E-state index in [9.17, 15) is 13.2 Å². The summed E-state index contributed by atoms with van der Waals surface area (Å²) >= 11 is 0. The number of aromatic nitrogens is 3. The Labute approximate surface area is 155 Å². The zero-order chi connectivity index (χ0) is 19.9. The van der Waals surface area contributed by atoms with Gasteiger partial charge >= 0.3 is 6.18 Å². The predicted octanol–water partition coefficient (Wildman–Crippen LogP) is 5.97. The van der Waals surface area contributed by atoms with Gasteiger partial charge in [-0.3, -0.25) is 9.97 Å². The van der Waals surface area contributed by atoms with Crippen LogP contribution in [0.2, 0.25) is 0 Å². The third kappa shape index (κ3) is 5.13. The van der Waals surface area contributed by atoms with Crippen LogP contribution in [0.25, 0.3) is 17.3 Å². The summed E-state index contributed by atoms with van der Waals surface area (Å²) in [5.74, 6) is 0.426. The summed E-state index contributed by atoms with van der Waals surface area (Å²) in [5, 5.41) is 2.99. The molecule has 0 saturated carbocycles. The molecule has 7 heteroatoms. The first-order valence-corrected chi connectivity index (χ1v) is 8.31. The number of pyridine rings is 1. The van der Waals surface area contributed by atoms with Gasteiger partial charge in [0.25, 0.3) is 0 Å². The standard InChI is InChI=1S/C18H13F3N4.C2H6/c1-2-14-6-3-12(11-24-14)16-17(23-10-9-22-16)25-15-7-4-13(5-8-15)18(19,20)21;1-2/h2-11H,1H2,(H,23,25);1-2H3.